The summed E-state index contributed by atoms with van der Waals surface area (Å²) in [5, 5.41) is 3.07. The number of carbonyl (C=O) groups is 2. The number of furan rings is 1. The minimum Gasteiger partial charge on any atom is -0.472 e. The van der Waals surface area contributed by atoms with Crippen LogP contribution < -0.4 is 5.32 Å². The number of amides is 2. The lowest BCUT2D eigenvalue weighted by atomic mass is 10.0. The first kappa shape index (κ1) is 21.7. The highest BCUT2D eigenvalue weighted by atomic mass is 16.3. The van der Waals surface area contributed by atoms with Gasteiger partial charge in [-0.3, -0.25) is 9.59 Å². The molecule has 4 rings (SSSR count). The topological polar surface area (TPSA) is 67.5 Å². The van der Waals surface area contributed by atoms with Crippen LogP contribution in [0, 0.1) is 20.8 Å². The van der Waals surface area contributed by atoms with Crippen LogP contribution in [0.15, 0.2) is 59.4 Å². The van der Waals surface area contributed by atoms with Crippen LogP contribution in [-0.4, -0.2) is 40.4 Å². The summed E-state index contributed by atoms with van der Waals surface area (Å²) in [6.45, 7) is 7.46. The van der Waals surface area contributed by atoms with Crippen LogP contribution in [0.3, 0.4) is 0 Å². The predicted molar refractivity (Wildman–Crippen MR) is 125 cm³/mol. The first-order chi connectivity index (χ1) is 15.4. The molecule has 0 atom stereocenters. The second-order valence-corrected chi connectivity index (χ2v) is 8.42. The highest BCUT2D eigenvalue weighted by Gasteiger charge is 2.24. The van der Waals surface area contributed by atoms with Crippen LogP contribution in [0.5, 0.6) is 0 Å². The average Bonchev–Trinajstić information content (AvgIpc) is 3.42. The Morgan fingerprint density at radius 3 is 2.44 bits per heavy atom. The van der Waals surface area contributed by atoms with Gasteiger partial charge in [-0.05, 0) is 69.5 Å². The second-order valence-electron chi connectivity index (χ2n) is 8.42. The van der Waals surface area contributed by atoms with Crippen LogP contribution in [0.25, 0.3) is 11.8 Å². The molecule has 1 saturated heterocycles. The van der Waals surface area contributed by atoms with Gasteiger partial charge >= 0.3 is 0 Å². The average molecular weight is 432 g/mol. The van der Waals surface area contributed by atoms with Crippen LogP contribution in [0.1, 0.15) is 45.7 Å². The number of benzene rings is 1. The number of carbonyl (C=O) groups excluding carboxylic acids is 2. The maximum Gasteiger partial charge on any atom is 0.257 e. The number of aryl methyl sites for hydroxylation is 2. The number of likely N-dealkylation sites (tertiary alicyclic amines) is 1. The van der Waals surface area contributed by atoms with Gasteiger partial charge in [0.05, 0.1) is 11.8 Å². The SMILES string of the molecule is Cc1ccc(-n2c(C)cc(/C=C/C(=O)NC3CCN(C(=O)c4ccoc4)CC3)c2C)cc1. The quantitative estimate of drug-likeness (QED) is 0.608. The fourth-order valence-corrected chi connectivity index (χ4v) is 4.26. The molecule has 2 amide bonds. The van der Waals surface area contributed by atoms with E-state index in [1.807, 2.05) is 11.0 Å². The first-order valence-electron chi connectivity index (χ1n) is 11.0. The third-order valence-corrected chi connectivity index (χ3v) is 6.07. The summed E-state index contributed by atoms with van der Waals surface area (Å²) in [5.74, 6) is -0.128. The lowest BCUT2D eigenvalue weighted by Gasteiger charge is -2.32. The number of aromatic nitrogens is 1. The Hall–Kier alpha value is -3.54. The summed E-state index contributed by atoms with van der Waals surface area (Å²) in [7, 11) is 0. The van der Waals surface area contributed by atoms with Crippen molar-refractivity contribution in [3.8, 4) is 5.69 Å². The highest BCUT2D eigenvalue weighted by molar-refractivity contribution is 5.94. The maximum absolute atomic E-state index is 12.5. The van der Waals surface area contributed by atoms with Crippen LogP contribution in [0.4, 0.5) is 0 Å². The molecule has 2 aromatic heterocycles. The zero-order valence-corrected chi connectivity index (χ0v) is 18.8. The Balaban J connectivity index is 1.34. The van der Waals surface area contributed by atoms with E-state index in [0.717, 1.165) is 35.5 Å². The van der Waals surface area contributed by atoms with E-state index in [1.165, 1.54) is 18.1 Å². The Morgan fingerprint density at radius 1 is 1.06 bits per heavy atom. The molecule has 32 heavy (non-hydrogen) atoms. The molecular weight excluding hydrogens is 402 g/mol. The van der Waals surface area contributed by atoms with E-state index < -0.39 is 0 Å². The van der Waals surface area contributed by atoms with Crippen LogP contribution in [-0.2, 0) is 4.79 Å². The number of nitrogens with one attached hydrogen (secondary N) is 1. The lowest BCUT2D eigenvalue weighted by Crippen LogP contribution is -2.46. The van der Waals surface area contributed by atoms with Crippen molar-refractivity contribution < 1.29 is 14.0 Å². The van der Waals surface area contributed by atoms with Gasteiger partial charge in [-0.1, -0.05) is 17.7 Å². The van der Waals surface area contributed by atoms with E-state index in [0.29, 0.717) is 18.7 Å². The van der Waals surface area contributed by atoms with Gasteiger partial charge in [0.2, 0.25) is 5.91 Å². The van der Waals surface area contributed by atoms with E-state index >= 15 is 0 Å². The second kappa shape index (κ2) is 9.30. The van der Waals surface area contributed by atoms with Crippen molar-refractivity contribution in [2.75, 3.05) is 13.1 Å². The monoisotopic (exact) mass is 431 g/mol. The number of hydrogen-bond acceptors (Lipinski definition) is 3. The van der Waals surface area contributed by atoms with Crippen molar-refractivity contribution in [3.05, 3.63) is 83.1 Å². The number of hydrogen-bond donors (Lipinski definition) is 1. The molecule has 0 aliphatic carbocycles. The minimum atomic E-state index is -0.107. The molecule has 1 aliphatic rings. The molecular formula is C26H29N3O3. The molecule has 0 spiro atoms. The van der Waals surface area contributed by atoms with Crippen molar-refractivity contribution in [1.82, 2.24) is 14.8 Å². The minimum absolute atomic E-state index is 0.0210. The van der Waals surface area contributed by atoms with Crippen molar-refractivity contribution in [1.29, 1.82) is 0 Å². The molecule has 1 aliphatic heterocycles. The van der Waals surface area contributed by atoms with E-state index in [1.54, 1.807) is 12.1 Å². The van der Waals surface area contributed by atoms with Gasteiger partial charge in [0.25, 0.3) is 5.91 Å². The summed E-state index contributed by atoms with van der Waals surface area (Å²) in [5.41, 5.74) is 6.16. The summed E-state index contributed by atoms with van der Waals surface area (Å²) in [6, 6.07) is 12.3. The number of nitrogens with zero attached hydrogens (tertiary/aromatic N) is 2. The van der Waals surface area contributed by atoms with E-state index in [9.17, 15) is 9.59 Å². The zero-order valence-electron chi connectivity index (χ0n) is 18.8. The van der Waals surface area contributed by atoms with Gasteiger partial charge in [0.1, 0.15) is 6.26 Å². The Kier molecular flexibility index (Phi) is 6.30. The molecule has 0 unspecified atom stereocenters. The summed E-state index contributed by atoms with van der Waals surface area (Å²) < 4.78 is 7.20. The fraction of sp³-hybridized carbons (Fsp3) is 0.308. The van der Waals surface area contributed by atoms with Gasteiger partial charge < -0.3 is 19.2 Å². The molecule has 3 aromatic rings. The van der Waals surface area contributed by atoms with Crippen molar-refractivity contribution in [3.63, 3.8) is 0 Å². The molecule has 1 aromatic carbocycles. The molecule has 0 radical (unpaired) electrons. The van der Waals surface area contributed by atoms with Gasteiger partial charge in [0, 0.05) is 42.3 Å². The third kappa shape index (κ3) is 4.69. The summed E-state index contributed by atoms with van der Waals surface area (Å²) >= 11 is 0. The smallest absolute Gasteiger partial charge is 0.257 e. The van der Waals surface area contributed by atoms with E-state index in [-0.39, 0.29) is 17.9 Å². The summed E-state index contributed by atoms with van der Waals surface area (Å²) in [6.07, 6.45) is 7.93. The van der Waals surface area contributed by atoms with Gasteiger partial charge in [-0.25, -0.2) is 0 Å². The highest BCUT2D eigenvalue weighted by Crippen LogP contribution is 2.22. The van der Waals surface area contributed by atoms with Gasteiger partial charge in [0.15, 0.2) is 0 Å². The molecule has 1 fully saturated rings. The van der Waals surface area contributed by atoms with Crippen LogP contribution >= 0.6 is 0 Å². The molecule has 6 heteroatoms. The molecule has 166 valence electrons. The van der Waals surface area contributed by atoms with Crippen molar-refractivity contribution in [2.45, 2.75) is 39.7 Å². The van der Waals surface area contributed by atoms with Gasteiger partial charge in [-0.2, -0.15) is 0 Å². The van der Waals surface area contributed by atoms with Crippen molar-refractivity contribution >= 4 is 17.9 Å². The standard InChI is InChI=1S/C26H29N3O3/c1-18-4-7-24(8-5-18)29-19(2)16-21(20(29)3)6-9-25(30)27-23-10-13-28(14-11-23)26(31)22-12-15-32-17-22/h4-9,12,15-17,23H,10-11,13-14H2,1-3H3,(H,27,30)/b9-6+. The van der Waals surface area contributed by atoms with Gasteiger partial charge in [-0.15, -0.1) is 0 Å². The maximum atomic E-state index is 12.5. The number of piperidine rings is 1. The first-order valence-corrected chi connectivity index (χ1v) is 11.0. The molecule has 0 saturated carbocycles. The Labute approximate surface area is 188 Å². The summed E-state index contributed by atoms with van der Waals surface area (Å²) in [4.78, 5) is 26.7. The van der Waals surface area contributed by atoms with E-state index in [4.69, 9.17) is 4.42 Å². The Morgan fingerprint density at radius 2 is 1.78 bits per heavy atom. The molecule has 0 bridgehead atoms. The molecule has 3 heterocycles. The Bertz CT molecular complexity index is 1120. The fourth-order valence-electron chi connectivity index (χ4n) is 4.26. The largest absolute Gasteiger partial charge is 0.472 e. The predicted octanol–water partition coefficient (Wildman–Crippen LogP) is 4.43. The molecule has 1 N–H and O–H groups in total. The zero-order chi connectivity index (χ0) is 22.7. The van der Waals surface area contributed by atoms with E-state index in [2.05, 4.69) is 61.0 Å². The molecule has 6 nitrogen and oxygen atoms in total. The third-order valence-electron chi connectivity index (χ3n) is 6.07. The van der Waals surface area contributed by atoms with Crippen molar-refractivity contribution in [2.24, 2.45) is 0 Å². The van der Waals surface area contributed by atoms with Crippen LogP contribution in [0.2, 0.25) is 0 Å². The lowest BCUT2D eigenvalue weighted by molar-refractivity contribution is -0.117. The normalized spacial score (nSPS) is 14.8. The number of rotatable bonds is 5.